The minimum absolute atomic E-state index is 0. The molecule has 1 aliphatic heterocycles. The molecule has 4 nitrogen and oxygen atoms in total. The Labute approximate surface area is 359 Å². The van der Waals surface area contributed by atoms with Gasteiger partial charge in [-0.1, -0.05) is 133 Å². The summed E-state index contributed by atoms with van der Waals surface area (Å²) in [5, 5.41) is 4.87. The Morgan fingerprint density at radius 2 is 1.22 bits per heavy atom. The average Bonchev–Trinajstić information content (AvgIpc) is 3.76. The minimum Gasteiger partial charge on any atom is -0.493 e. The second-order valence-corrected chi connectivity index (χ2v) is 22.2. The summed E-state index contributed by atoms with van der Waals surface area (Å²) < 4.78 is 2.30. The van der Waals surface area contributed by atoms with Crippen LogP contribution in [0.15, 0.2) is 146 Å². The fraction of sp³-hybridized carbons (Fsp3) is 0.192. The number of benzene rings is 6. The van der Waals surface area contributed by atoms with E-state index in [-0.39, 0.29) is 31.9 Å². The van der Waals surface area contributed by atoms with Gasteiger partial charge < -0.3 is 14.4 Å². The molecule has 0 unspecified atom stereocenters. The van der Waals surface area contributed by atoms with Crippen LogP contribution in [0.4, 0.5) is 22.7 Å². The van der Waals surface area contributed by atoms with Gasteiger partial charge in [0.25, 0.3) is 0 Å². The Balaban J connectivity index is 0.00000469. The van der Waals surface area contributed by atoms with Crippen LogP contribution < -0.4 is 20.2 Å². The molecule has 0 saturated heterocycles. The topological polar surface area (TPSA) is 24.3 Å². The Kier molecular flexibility index (Phi) is 10.1. The number of rotatable bonds is 6. The maximum atomic E-state index is 4.92. The van der Waals surface area contributed by atoms with Gasteiger partial charge in [0.05, 0.1) is 8.07 Å². The SMILES string of the molecule is CC(C)(C)c1ccnc(-n2c3[c-]c([Si](C)(C)c4[c-]c(N5[CH-]N(c6cc(C(C)(C)C)ccc6-c6ccccc6)c6ccccc65)ccc4)ccc3c3ccccc32)c1.[Pt]. The van der Waals surface area contributed by atoms with Crippen LogP contribution in [0.25, 0.3) is 38.8 Å². The van der Waals surface area contributed by atoms with E-state index in [0.29, 0.717) is 0 Å². The average molecular weight is 953 g/mol. The number of hydrogen-bond donors (Lipinski definition) is 0. The molecular formula is C52H49N4PtSi-3. The zero-order valence-corrected chi connectivity index (χ0v) is 37.8. The van der Waals surface area contributed by atoms with E-state index in [1.165, 1.54) is 43.4 Å². The molecule has 6 aromatic carbocycles. The van der Waals surface area contributed by atoms with Gasteiger partial charge in [-0.25, -0.2) is 4.98 Å². The first-order valence-corrected chi connectivity index (χ1v) is 23.0. The van der Waals surface area contributed by atoms with E-state index < -0.39 is 8.07 Å². The first kappa shape index (κ1) is 39.6. The number of para-hydroxylation sites is 3. The molecule has 0 radical (unpaired) electrons. The predicted octanol–water partition coefficient (Wildman–Crippen LogP) is 12.3. The molecule has 3 heterocycles. The Hall–Kier alpha value is -5.22. The molecule has 0 bridgehead atoms. The summed E-state index contributed by atoms with van der Waals surface area (Å²) >= 11 is 0. The van der Waals surface area contributed by atoms with Crippen LogP contribution in [0.2, 0.25) is 13.1 Å². The van der Waals surface area contributed by atoms with Crippen molar-refractivity contribution in [1.29, 1.82) is 0 Å². The van der Waals surface area contributed by atoms with Crippen LogP contribution in [0.1, 0.15) is 52.7 Å². The Morgan fingerprint density at radius 1 is 0.569 bits per heavy atom. The summed E-state index contributed by atoms with van der Waals surface area (Å²) in [5.41, 5.74) is 11.6. The zero-order chi connectivity index (χ0) is 39.7. The number of nitrogens with zero attached hydrogens (tertiary/aromatic N) is 4. The number of aromatic nitrogens is 2. The van der Waals surface area contributed by atoms with E-state index in [2.05, 4.69) is 227 Å². The van der Waals surface area contributed by atoms with Gasteiger partial charge >= 0.3 is 0 Å². The maximum absolute atomic E-state index is 4.92. The van der Waals surface area contributed by atoms with Crippen molar-refractivity contribution >= 4 is 63.0 Å². The van der Waals surface area contributed by atoms with E-state index in [1.807, 2.05) is 6.20 Å². The molecule has 6 heteroatoms. The van der Waals surface area contributed by atoms with Crippen molar-refractivity contribution in [1.82, 2.24) is 9.55 Å². The number of pyridine rings is 1. The Bertz CT molecular complexity index is 2790. The van der Waals surface area contributed by atoms with Crippen molar-refractivity contribution in [3.05, 3.63) is 176 Å². The first-order chi connectivity index (χ1) is 27.3. The minimum atomic E-state index is -2.32. The molecule has 294 valence electrons. The van der Waals surface area contributed by atoms with Crippen molar-refractivity contribution in [3.8, 4) is 16.9 Å². The molecular weight excluding hydrogens is 904 g/mol. The van der Waals surface area contributed by atoms with Crippen molar-refractivity contribution in [2.75, 3.05) is 9.80 Å². The number of anilines is 4. The predicted molar refractivity (Wildman–Crippen MR) is 244 cm³/mol. The summed E-state index contributed by atoms with van der Waals surface area (Å²) in [4.78, 5) is 9.59. The van der Waals surface area contributed by atoms with Crippen molar-refractivity contribution < 1.29 is 21.1 Å². The molecule has 8 aromatic rings. The third-order valence-corrected chi connectivity index (χ3v) is 14.9. The van der Waals surface area contributed by atoms with E-state index in [4.69, 9.17) is 4.98 Å². The quantitative estimate of drug-likeness (QED) is 0.123. The molecule has 0 atom stereocenters. The molecule has 9 rings (SSSR count). The fourth-order valence-corrected chi connectivity index (χ4v) is 10.3. The van der Waals surface area contributed by atoms with Gasteiger partial charge in [0.2, 0.25) is 0 Å². The van der Waals surface area contributed by atoms with Gasteiger partial charge in [0.1, 0.15) is 5.82 Å². The van der Waals surface area contributed by atoms with Gasteiger partial charge in [-0.3, -0.25) is 0 Å². The molecule has 58 heavy (non-hydrogen) atoms. The van der Waals surface area contributed by atoms with Gasteiger partial charge in [-0.2, -0.15) is 52.8 Å². The Morgan fingerprint density at radius 3 is 1.97 bits per heavy atom. The fourth-order valence-electron chi connectivity index (χ4n) is 8.16. The second-order valence-electron chi connectivity index (χ2n) is 17.9. The summed E-state index contributed by atoms with van der Waals surface area (Å²) in [6, 6.07) is 58.6. The largest absolute Gasteiger partial charge is 0.493 e. The van der Waals surface area contributed by atoms with Crippen LogP contribution in [0.3, 0.4) is 0 Å². The summed E-state index contributed by atoms with van der Waals surface area (Å²) in [5.74, 6) is 0.923. The molecule has 0 aliphatic carbocycles. The van der Waals surface area contributed by atoms with Crippen LogP contribution in [-0.4, -0.2) is 17.6 Å². The van der Waals surface area contributed by atoms with Crippen LogP contribution in [0, 0.1) is 18.8 Å². The molecule has 0 N–H and O–H groups in total. The first-order valence-electron chi connectivity index (χ1n) is 20.0. The van der Waals surface area contributed by atoms with Crippen molar-refractivity contribution in [3.63, 3.8) is 0 Å². The summed E-state index contributed by atoms with van der Waals surface area (Å²) in [7, 11) is -2.32. The van der Waals surface area contributed by atoms with E-state index in [9.17, 15) is 0 Å². The summed E-state index contributed by atoms with van der Waals surface area (Å²) in [6.45, 7) is 20.7. The van der Waals surface area contributed by atoms with Crippen LogP contribution >= 0.6 is 0 Å². The zero-order valence-electron chi connectivity index (χ0n) is 34.5. The van der Waals surface area contributed by atoms with Crippen LogP contribution in [-0.2, 0) is 31.9 Å². The van der Waals surface area contributed by atoms with E-state index >= 15 is 0 Å². The normalized spacial score (nSPS) is 13.2. The van der Waals surface area contributed by atoms with Gasteiger partial charge in [0.15, 0.2) is 0 Å². The van der Waals surface area contributed by atoms with Gasteiger partial charge in [0, 0.05) is 55.4 Å². The van der Waals surface area contributed by atoms with Gasteiger partial charge in [-0.05, 0) is 69.3 Å². The maximum Gasteiger partial charge on any atom is 0.135 e. The van der Waals surface area contributed by atoms with E-state index in [1.54, 1.807) is 0 Å². The number of hydrogen-bond acceptors (Lipinski definition) is 3. The van der Waals surface area contributed by atoms with E-state index in [0.717, 1.165) is 39.6 Å². The molecule has 0 fully saturated rings. The molecule has 1 aliphatic rings. The standard InChI is InChI=1S/C52H49N4Si.Pt/c1-51(2,3)37-25-27-42(36-17-10-9-11-18-36)48(31-37)55-35-54(46-23-14-15-24-47(46)55)39-19-16-20-40(33-39)57(7,8)41-26-28-44-43-21-12-13-22-45(43)56(49(44)34-41)50-32-38(29-30-53-50)52(4,5)6;/h9-32,35H,1-8H3;/q-3;. The monoisotopic (exact) mass is 952 g/mol. The van der Waals surface area contributed by atoms with Crippen molar-refractivity contribution in [2.45, 2.75) is 65.5 Å². The van der Waals surface area contributed by atoms with Crippen LogP contribution in [0.5, 0.6) is 0 Å². The molecule has 0 amide bonds. The number of fused-ring (bicyclic) bond motifs is 4. The van der Waals surface area contributed by atoms with Gasteiger partial charge in [-0.15, -0.1) is 17.7 Å². The van der Waals surface area contributed by atoms with Crippen molar-refractivity contribution in [2.24, 2.45) is 0 Å². The molecule has 0 saturated carbocycles. The molecule has 2 aromatic heterocycles. The summed E-state index contributed by atoms with van der Waals surface area (Å²) in [6.07, 6.45) is 1.94. The second kappa shape index (κ2) is 14.9. The third-order valence-electron chi connectivity index (χ3n) is 11.6. The third kappa shape index (κ3) is 6.93. The molecule has 0 spiro atoms. The smallest absolute Gasteiger partial charge is 0.135 e.